The molecule has 0 atom stereocenters. The third-order valence-corrected chi connectivity index (χ3v) is 3.26. The highest BCUT2D eigenvalue weighted by Gasteiger charge is 2.13. The maximum absolute atomic E-state index is 12.4. The van der Waals surface area contributed by atoms with E-state index in [1.807, 2.05) is 0 Å². The highest BCUT2D eigenvalue weighted by atomic mass is 16.5. The molecule has 1 N–H and O–H groups in total. The van der Waals surface area contributed by atoms with Gasteiger partial charge in [0.15, 0.2) is 0 Å². The van der Waals surface area contributed by atoms with Gasteiger partial charge in [0.1, 0.15) is 11.3 Å². The average molecular weight is 347 g/mol. The minimum Gasteiger partial charge on any atom is -0.466 e. The Balaban J connectivity index is 2.20. The molecule has 0 aliphatic rings. The number of carbonyl (C=O) groups excluding carboxylic acids is 3. The number of methoxy groups -OCH3 is 1. The molecule has 0 saturated carbocycles. The summed E-state index contributed by atoms with van der Waals surface area (Å²) >= 11 is 0. The third kappa shape index (κ3) is 4.40. The topological polar surface area (TPSA) is 116 Å². The van der Waals surface area contributed by atoms with Crippen molar-refractivity contribution in [2.75, 3.05) is 19.0 Å². The summed E-state index contributed by atoms with van der Waals surface area (Å²) in [7, 11) is 1.23. The van der Waals surface area contributed by atoms with E-state index in [1.165, 1.54) is 31.6 Å². The van der Waals surface area contributed by atoms with E-state index in [0.29, 0.717) is 5.65 Å². The summed E-state index contributed by atoms with van der Waals surface area (Å²) in [6.07, 6.45) is 2.29. The lowest BCUT2D eigenvalue weighted by atomic mass is 10.2. The molecule has 0 aromatic carbocycles. The molecule has 0 aliphatic heterocycles. The number of hydrogen-bond acceptors (Lipinski definition) is 7. The molecular formula is C16H17N3O6. The molecule has 0 aliphatic carbocycles. The van der Waals surface area contributed by atoms with E-state index in [2.05, 4.69) is 15.0 Å². The fourth-order valence-corrected chi connectivity index (χ4v) is 2.06. The molecule has 0 unspecified atom stereocenters. The lowest BCUT2D eigenvalue weighted by molar-refractivity contribution is -0.144. The molecule has 0 radical (unpaired) electrons. The number of nitrogens with one attached hydrogen (secondary N) is 1. The van der Waals surface area contributed by atoms with Crippen LogP contribution in [0.25, 0.3) is 5.65 Å². The molecule has 2 aromatic rings. The summed E-state index contributed by atoms with van der Waals surface area (Å²) in [5.41, 5.74) is -0.138. The van der Waals surface area contributed by atoms with Crippen molar-refractivity contribution in [1.29, 1.82) is 0 Å². The number of pyridine rings is 1. The van der Waals surface area contributed by atoms with Gasteiger partial charge in [-0.15, -0.1) is 0 Å². The highest BCUT2D eigenvalue weighted by molar-refractivity contribution is 5.92. The Morgan fingerprint density at radius 3 is 2.68 bits per heavy atom. The first-order valence-corrected chi connectivity index (χ1v) is 7.51. The van der Waals surface area contributed by atoms with Gasteiger partial charge >= 0.3 is 11.9 Å². The molecule has 0 spiro atoms. The van der Waals surface area contributed by atoms with Gasteiger partial charge in [0.2, 0.25) is 5.91 Å². The lowest BCUT2D eigenvalue weighted by Gasteiger charge is -2.07. The van der Waals surface area contributed by atoms with Crippen LogP contribution in [0.2, 0.25) is 0 Å². The smallest absolute Gasteiger partial charge is 0.339 e. The molecule has 0 fully saturated rings. The van der Waals surface area contributed by atoms with Crippen molar-refractivity contribution in [2.24, 2.45) is 0 Å². The molecule has 0 saturated heterocycles. The van der Waals surface area contributed by atoms with E-state index in [9.17, 15) is 19.2 Å². The Morgan fingerprint density at radius 2 is 2.00 bits per heavy atom. The van der Waals surface area contributed by atoms with E-state index >= 15 is 0 Å². The number of fused-ring (bicyclic) bond motifs is 1. The van der Waals surface area contributed by atoms with Gasteiger partial charge in [0.25, 0.3) is 5.56 Å². The van der Waals surface area contributed by atoms with Gasteiger partial charge in [-0.2, -0.15) is 0 Å². The molecule has 2 aromatic heterocycles. The fraction of sp³-hybridized carbons (Fsp3) is 0.312. The van der Waals surface area contributed by atoms with Crippen LogP contribution in [0.5, 0.6) is 0 Å². The van der Waals surface area contributed by atoms with E-state index in [4.69, 9.17) is 4.74 Å². The number of amides is 1. The fourth-order valence-electron chi connectivity index (χ4n) is 2.06. The summed E-state index contributed by atoms with van der Waals surface area (Å²) in [6.45, 7) is 1.90. The van der Waals surface area contributed by atoms with Crippen LogP contribution >= 0.6 is 0 Å². The normalized spacial score (nSPS) is 10.3. The van der Waals surface area contributed by atoms with Crippen molar-refractivity contribution in [3.63, 3.8) is 0 Å². The van der Waals surface area contributed by atoms with Crippen LogP contribution in [-0.2, 0) is 19.1 Å². The summed E-state index contributed by atoms with van der Waals surface area (Å²) in [5.74, 6) is -1.61. The van der Waals surface area contributed by atoms with E-state index in [1.54, 1.807) is 6.92 Å². The third-order valence-electron chi connectivity index (χ3n) is 3.26. The monoisotopic (exact) mass is 347 g/mol. The van der Waals surface area contributed by atoms with Crippen molar-refractivity contribution in [1.82, 2.24) is 9.38 Å². The van der Waals surface area contributed by atoms with E-state index < -0.39 is 23.4 Å². The maximum Gasteiger partial charge on any atom is 0.339 e. The molecule has 132 valence electrons. The first-order chi connectivity index (χ1) is 12.0. The van der Waals surface area contributed by atoms with Crippen molar-refractivity contribution in [3.05, 3.63) is 40.4 Å². The predicted molar refractivity (Wildman–Crippen MR) is 87.3 cm³/mol. The average Bonchev–Trinajstić information content (AvgIpc) is 2.61. The highest BCUT2D eigenvalue weighted by Crippen LogP contribution is 2.07. The van der Waals surface area contributed by atoms with Gasteiger partial charge in [-0.1, -0.05) is 0 Å². The Hall–Kier alpha value is -3.23. The summed E-state index contributed by atoms with van der Waals surface area (Å²) in [5, 5.41) is 2.40. The number of hydrogen-bond donors (Lipinski definition) is 1. The van der Waals surface area contributed by atoms with Crippen molar-refractivity contribution in [3.8, 4) is 0 Å². The molecular weight excluding hydrogens is 330 g/mol. The molecule has 1 amide bonds. The molecule has 0 bridgehead atoms. The second-order valence-electron chi connectivity index (χ2n) is 4.97. The zero-order valence-corrected chi connectivity index (χ0v) is 13.8. The Morgan fingerprint density at radius 1 is 1.24 bits per heavy atom. The lowest BCUT2D eigenvalue weighted by Crippen LogP contribution is -2.24. The van der Waals surface area contributed by atoms with Gasteiger partial charge in [0.05, 0.1) is 31.9 Å². The van der Waals surface area contributed by atoms with Crippen LogP contribution in [0.15, 0.2) is 29.3 Å². The zero-order chi connectivity index (χ0) is 18.4. The van der Waals surface area contributed by atoms with Gasteiger partial charge < -0.3 is 14.8 Å². The van der Waals surface area contributed by atoms with E-state index in [-0.39, 0.29) is 30.7 Å². The summed E-state index contributed by atoms with van der Waals surface area (Å²) < 4.78 is 10.5. The first kappa shape index (κ1) is 18.1. The Bertz CT molecular complexity index is 874. The molecule has 25 heavy (non-hydrogen) atoms. The van der Waals surface area contributed by atoms with Crippen LogP contribution in [0.3, 0.4) is 0 Å². The number of carbonyl (C=O) groups is 3. The van der Waals surface area contributed by atoms with Crippen molar-refractivity contribution >= 4 is 29.2 Å². The SMILES string of the molecule is CCOC(=O)CCC(=O)Nc1cnc2ccc(C(=O)OC)cn2c1=O. The van der Waals surface area contributed by atoms with Crippen LogP contribution in [0.4, 0.5) is 5.69 Å². The second kappa shape index (κ2) is 8.04. The molecule has 2 rings (SSSR count). The minimum absolute atomic E-state index is 0.0617. The Labute approximate surface area is 142 Å². The summed E-state index contributed by atoms with van der Waals surface area (Å²) in [6, 6.07) is 2.96. The minimum atomic E-state index is -0.599. The quantitative estimate of drug-likeness (QED) is 0.767. The van der Waals surface area contributed by atoms with E-state index in [0.717, 1.165) is 4.40 Å². The number of aromatic nitrogens is 2. The van der Waals surface area contributed by atoms with Crippen LogP contribution in [0, 0.1) is 0 Å². The van der Waals surface area contributed by atoms with Gasteiger partial charge in [-0.3, -0.25) is 18.8 Å². The van der Waals surface area contributed by atoms with Gasteiger partial charge in [-0.25, -0.2) is 9.78 Å². The zero-order valence-electron chi connectivity index (χ0n) is 13.8. The number of rotatable bonds is 6. The maximum atomic E-state index is 12.4. The van der Waals surface area contributed by atoms with Gasteiger partial charge in [-0.05, 0) is 19.1 Å². The predicted octanol–water partition coefficient (Wildman–Crippen LogP) is 0.763. The number of esters is 2. The van der Waals surface area contributed by atoms with Crippen molar-refractivity contribution in [2.45, 2.75) is 19.8 Å². The van der Waals surface area contributed by atoms with Gasteiger partial charge in [0, 0.05) is 12.6 Å². The number of nitrogens with zero attached hydrogens (tertiary/aromatic N) is 2. The van der Waals surface area contributed by atoms with Crippen LogP contribution in [0.1, 0.15) is 30.1 Å². The molecule has 9 heteroatoms. The first-order valence-electron chi connectivity index (χ1n) is 7.51. The number of ether oxygens (including phenoxy) is 2. The Kier molecular flexibility index (Phi) is 5.83. The molecule has 9 nitrogen and oxygen atoms in total. The van der Waals surface area contributed by atoms with Crippen molar-refractivity contribution < 1.29 is 23.9 Å². The molecule has 2 heterocycles. The standard InChI is InChI=1S/C16H17N3O6/c1-3-25-14(21)7-6-13(20)18-11-8-17-12-5-4-10(16(23)24-2)9-19(12)15(11)22/h4-5,8-9H,3,6-7H2,1-2H3,(H,18,20). The summed E-state index contributed by atoms with van der Waals surface area (Å²) in [4.78, 5) is 51.2. The second-order valence-corrected chi connectivity index (χ2v) is 4.97. The largest absolute Gasteiger partial charge is 0.466 e. The number of anilines is 1. The van der Waals surface area contributed by atoms with Crippen LogP contribution < -0.4 is 10.9 Å². The van der Waals surface area contributed by atoms with Crippen LogP contribution in [-0.4, -0.2) is 40.9 Å².